The Balaban J connectivity index is 2.12. The molecule has 0 spiro atoms. The van der Waals surface area contributed by atoms with E-state index in [9.17, 15) is 8.42 Å². The fourth-order valence-corrected chi connectivity index (χ4v) is 4.62. The smallest absolute Gasteiger partial charge is 0.264 e. The average Bonchev–Trinajstić information content (AvgIpc) is 2.47. The van der Waals surface area contributed by atoms with E-state index in [0.717, 1.165) is 10.0 Å². The van der Waals surface area contributed by atoms with E-state index in [2.05, 4.69) is 15.9 Å². The van der Waals surface area contributed by atoms with Gasteiger partial charge in [-0.05, 0) is 64.8 Å². The van der Waals surface area contributed by atoms with E-state index in [1.165, 1.54) is 16.4 Å². The van der Waals surface area contributed by atoms with Crippen LogP contribution >= 0.6 is 27.5 Å². The van der Waals surface area contributed by atoms with Gasteiger partial charge < -0.3 is 4.74 Å². The van der Waals surface area contributed by atoms with Crippen LogP contribution in [0.15, 0.2) is 45.8 Å². The Hall–Kier alpha value is -1.24. The molecule has 0 N–H and O–H groups in total. The third-order valence-corrected chi connectivity index (χ3v) is 6.05. The highest BCUT2D eigenvalue weighted by atomic mass is 79.9. The largest absolute Gasteiger partial charge is 0.488 e. The molecule has 0 amide bonds. The van der Waals surface area contributed by atoms with Crippen molar-refractivity contribution in [1.82, 2.24) is 0 Å². The second-order valence-corrected chi connectivity index (χ2v) is 8.13. The second-order valence-electron chi connectivity index (χ2n) is 4.97. The summed E-state index contributed by atoms with van der Waals surface area (Å²) in [6, 6.07) is 9.88. The van der Waals surface area contributed by atoms with E-state index in [1.54, 1.807) is 12.1 Å². The van der Waals surface area contributed by atoms with Crippen molar-refractivity contribution < 1.29 is 13.2 Å². The molecule has 0 aromatic heterocycles. The molecule has 0 atom stereocenters. The number of hydrogen-bond acceptors (Lipinski definition) is 3. The molecule has 7 heteroatoms. The number of fused-ring (bicyclic) bond motifs is 1. The van der Waals surface area contributed by atoms with Gasteiger partial charge in [-0.2, -0.15) is 0 Å². The van der Waals surface area contributed by atoms with Gasteiger partial charge in [0.05, 0.1) is 21.6 Å². The quantitative estimate of drug-likeness (QED) is 0.763. The first kappa shape index (κ1) is 15.6. The molecule has 22 heavy (non-hydrogen) atoms. The molecule has 0 saturated carbocycles. The molecular weight excluding hydrogens is 390 g/mol. The lowest BCUT2D eigenvalue weighted by molar-refractivity contribution is 0.313. The lowest BCUT2D eigenvalue weighted by atomic mass is 10.2. The lowest BCUT2D eigenvalue weighted by Gasteiger charge is -2.31. The number of nitrogens with zero attached hydrogens (tertiary/aromatic N) is 1. The minimum Gasteiger partial charge on any atom is -0.488 e. The van der Waals surface area contributed by atoms with E-state index in [4.69, 9.17) is 16.3 Å². The van der Waals surface area contributed by atoms with E-state index < -0.39 is 10.0 Å². The van der Waals surface area contributed by atoms with Gasteiger partial charge in [0.25, 0.3) is 10.0 Å². The van der Waals surface area contributed by atoms with Gasteiger partial charge in [0.1, 0.15) is 6.61 Å². The third-order valence-electron chi connectivity index (χ3n) is 3.38. The average molecular weight is 403 g/mol. The van der Waals surface area contributed by atoms with Crippen LogP contribution in [0.25, 0.3) is 0 Å². The summed E-state index contributed by atoms with van der Waals surface area (Å²) in [5.41, 5.74) is 1.50. The molecule has 0 bridgehead atoms. The van der Waals surface area contributed by atoms with Crippen LogP contribution in [0, 0.1) is 6.92 Å². The van der Waals surface area contributed by atoms with Gasteiger partial charge in [-0.1, -0.05) is 11.6 Å². The number of ether oxygens (including phenoxy) is 1. The summed E-state index contributed by atoms with van der Waals surface area (Å²) < 4.78 is 33.5. The van der Waals surface area contributed by atoms with Crippen molar-refractivity contribution in [2.45, 2.75) is 11.8 Å². The Labute approximate surface area is 142 Å². The minimum absolute atomic E-state index is 0.211. The summed E-state index contributed by atoms with van der Waals surface area (Å²) in [4.78, 5) is 0.211. The molecule has 3 rings (SSSR count). The number of benzene rings is 2. The number of anilines is 1. The third kappa shape index (κ3) is 2.71. The van der Waals surface area contributed by atoms with Crippen LogP contribution in [0.3, 0.4) is 0 Å². The van der Waals surface area contributed by atoms with Gasteiger partial charge in [0.15, 0.2) is 5.75 Å². The Bertz CT molecular complexity index is 821. The fraction of sp³-hybridized carbons (Fsp3) is 0.200. The predicted octanol–water partition coefficient (Wildman–Crippen LogP) is 4.00. The van der Waals surface area contributed by atoms with Crippen LogP contribution < -0.4 is 9.04 Å². The van der Waals surface area contributed by atoms with Gasteiger partial charge in [-0.25, -0.2) is 8.42 Å². The minimum atomic E-state index is -3.65. The normalized spacial score (nSPS) is 14.4. The highest BCUT2D eigenvalue weighted by Crippen LogP contribution is 2.41. The molecule has 116 valence electrons. The SMILES string of the molecule is Cc1cc(Br)c2c(c1)N(S(=O)(=O)c1ccc(Cl)cc1)CCO2. The molecule has 1 heterocycles. The summed E-state index contributed by atoms with van der Waals surface area (Å²) in [5.74, 6) is 0.550. The van der Waals surface area contributed by atoms with Crippen molar-refractivity contribution in [1.29, 1.82) is 0 Å². The molecular formula is C15H13BrClNO3S. The van der Waals surface area contributed by atoms with Crippen molar-refractivity contribution in [3.05, 3.63) is 51.5 Å². The highest BCUT2D eigenvalue weighted by molar-refractivity contribution is 9.10. The number of hydrogen-bond donors (Lipinski definition) is 0. The molecule has 0 aliphatic carbocycles. The Kier molecular flexibility index (Phi) is 4.09. The van der Waals surface area contributed by atoms with Crippen molar-refractivity contribution >= 4 is 43.2 Å². The number of halogens is 2. The fourth-order valence-electron chi connectivity index (χ4n) is 2.37. The van der Waals surface area contributed by atoms with Crippen LogP contribution in [0.4, 0.5) is 5.69 Å². The van der Waals surface area contributed by atoms with Gasteiger partial charge in [-0.15, -0.1) is 0 Å². The number of rotatable bonds is 2. The van der Waals surface area contributed by atoms with Crippen molar-refractivity contribution in [3.8, 4) is 5.75 Å². The van der Waals surface area contributed by atoms with Crippen LogP contribution in [0.1, 0.15) is 5.56 Å². The van der Waals surface area contributed by atoms with E-state index in [-0.39, 0.29) is 11.4 Å². The van der Waals surface area contributed by atoms with Crippen molar-refractivity contribution in [3.63, 3.8) is 0 Å². The summed E-state index contributed by atoms with van der Waals surface area (Å²) in [6.07, 6.45) is 0. The zero-order valence-corrected chi connectivity index (χ0v) is 14.9. The molecule has 0 radical (unpaired) electrons. The molecule has 4 nitrogen and oxygen atoms in total. The Morgan fingerprint density at radius 2 is 1.91 bits per heavy atom. The maximum Gasteiger partial charge on any atom is 0.264 e. The van der Waals surface area contributed by atoms with Gasteiger partial charge >= 0.3 is 0 Å². The second kappa shape index (κ2) is 5.76. The maximum absolute atomic E-state index is 12.9. The number of sulfonamides is 1. The summed E-state index contributed by atoms with van der Waals surface area (Å²) >= 11 is 9.26. The Morgan fingerprint density at radius 1 is 1.23 bits per heavy atom. The van der Waals surface area contributed by atoms with E-state index in [0.29, 0.717) is 23.1 Å². The maximum atomic E-state index is 12.9. The van der Waals surface area contributed by atoms with Gasteiger partial charge in [0, 0.05) is 5.02 Å². The summed E-state index contributed by atoms with van der Waals surface area (Å²) in [7, 11) is -3.65. The van der Waals surface area contributed by atoms with Crippen molar-refractivity contribution in [2.75, 3.05) is 17.5 Å². The first-order chi connectivity index (χ1) is 10.4. The Morgan fingerprint density at radius 3 is 2.59 bits per heavy atom. The predicted molar refractivity (Wildman–Crippen MR) is 90.4 cm³/mol. The van der Waals surface area contributed by atoms with Crippen LogP contribution in [0.2, 0.25) is 5.02 Å². The molecule has 1 aliphatic rings. The van der Waals surface area contributed by atoms with Crippen molar-refractivity contribution in [2.24, 2.45) is 0 Å². The number of aryl methyl sites for hydroxylation is 1. The van der Waals surface area contributed by atoms with Gasteiger partial charge in [-0.3, -0.25) is 4.31 Å². The van der Waals surface area contributed by atoms with Crippen LogP contribution in [0.5, 0.6) is 5.75 Å². The molecule has 1 aliphatic heterocycles. The molecule has 0 saturated heterocycles. The molecule has 2 aromatic carbocycles. The zero-order chi connectivity index (χ0) is 15.9. The zero-order valence-electron chi connectivity index (χ0n) is 11.7. The molecule has 0 fully saturated rings. The summed E-state index contributed by atoms with van der Waals surface area (Å²) in [6.45, 7) is 2.49. The standard InChI is InChI=1S/C15H13BrClNO3S/c1-10-8-13(16)15-14(9-10)18(6-7-21-15)22(19,20)12-4-2-11(17)3-5-12/h2-5,8-9H,6-7H2,1H3. The summed E-state index contributed by atoms with van der Waals surface area (Å²) in [5, 5.41) is 0.500. The first-order valence-electron chi connectivity index (χ1n) is 6.61. The topological polar surface area (TPSA) is 46.6 Å². The molecule has 0 unspecified atom stereocenters. The highest BCUT2D eigenvalue weighted by Gasteiger charge is 2.31. The lowest BCUT2D eigenvalue weighted by Crippen LogP contribution is -2.38. The monoisotopic (exact) mass is 401 g/mol. The van der Waals surface area contributed by atoms with E-state index >= 15 is 0 Å². The van der Waals surface area contributed by atoms with Crippen LogP contribution in [-0.4, -0.2) is 21.6 Å². The molecule has 2 aromatic rings. The van der Waals surface area contributed by atoms with Crippen LogP contribution in [-0.2, 0) is 10.0 Å². The first-order valence-corrected chi connectivity index (χ1v) is 9.22. The van der Waals surface area contributed by atoms with Gasteiger partial charge in [0.2, 0.25) is 0 Å². The van der Waals surface area contributed by atoms with E-state index in [1.807, 2.05) is 19.1 Å².